The van der Waals surface area contributed by atoms with Gasteiger partial charge in [-0.3, -0.25) is 4.79 Å². The molecule has 0 radical (unpaired) electrons. The highest BCUT2D eigenvalue weighted by Gasteiger charge is 2.27. The van der Waals surface area contributed by atoms with Gasteiger partial charge in [-0.05, 0) is 37.7 Å². The van der Waals surface area contributed by atoms with E-state index in [0.29, 0.717) is 18.1 Å². The lowest BCUT2D eigenvalue weighted by Crippen LogP contribution is -2.31. The third-order valence-corrected chi connectivity index (χ3v) is 5.63. The van der Waals surface area contributed by atoms with Crippen molar-refractivity contribution in [3.63, 3.8) is 0 Å². The molecular weight excluding hydrogens is 366 g/mol. The van der Waals surface area contributed by atoms with Crippen LogP contribution in [-0.2, 0) is 11.2 Å². The van der Waals surface area contributed by atoms with Crippen LogP contribution in [0.5, 0.6) is 5.75 Å². The molecule has 1 aromatic carbocycles. The zero-order valence-electron chi connectivity index (χ0n) is 17.4. The van der Waals surface area contributed by atoms with Crippen LogP contribution in [0.1, 0.15) is 74.0 Å². The van der Waals surface area contributed by atoms with Crippen molar-refractivity contribution in [1.29, 1.82) is 0 Å². The zero-order chi connectivity index (χ0) is 20.6. The maximum absolute atomic E-state index is 12.8. The fraction of sp³-hybridized carbons (Fsp3) is 0.500. The van der Waals surface area contributed by atoms with Crippen LogP contribution >= 0.6 is 0 Å². The Hall–Kier alpha value is -2.56. The predicted molar refractivity (Wildman–Crippen MR) is 114 cm³/mol. The summed E-state index contributed by atoms with van der Waals surface area (Å²) in [4.78, 5) is 28.1. The minimum atomic E-state index is -0.631. The van der Waals surface area contributed by atoms with Crippen molar-refractivity contribution in [2.75, 3.05) is 6.61 Å². The summed E-state index contributed by atoms with van der Waals surface area (Å²) < 4.78 is 11.5. The summed E-state index contributed by atoms with van der Waals surface area (Å²) in [6, 6.07) is 11.7. The first kappa shape index (κ1) is 21.2. The number of nitrogens with one attached hydrogen (secondary N) is 1. The summed E-state index contributed by atoms with van der Waals surface area (Å²) in [7, 11) is 0. The van der Waals surface area contributed by atoms with Crippen molar-refractivity contribution in [2.45, 2.75) is 64.9 Å². The largest absolute Gasteiger partial charge is 0.489 e. The average Bonchev–Trinajstić information content (AvgIpc) is 2.73. The van der Waals surface area contributed by atoms with E-state index in [-0.39, 0.29) is 18.3 Å². The van der Waals surface area contributed by atoms with E-state index in [1.54, 1.807) is 13.0 Å². The van der Waals surface area contributed by atoms with Gasteiger partial charge in [-0.25, -0.2) is 4.79 Å². The van der Waals surface area contributed by atoms with E-state index >= 15 is 0 Å². The fourth-order valence-electron chi connectivity index (χ4n) is 4.17. The Morgan fingerprint density at radius 3 is 2.52 bits per heavy atom. The van der Waals surface area contributed by atoms with E-state index in [1.165, 1.54) is 19.3 Å². The van der Waals surface area contributed by atoms with E-state index in [9.17, 15) is 9.59 Å². The Labute approximate surface area is 172 Å². The summed E-state index contributed by atoms with van der Waals surface area (Å²) in [6.45, 7) is 4.04. The Bertz CT molecular complexity index is 853. The van der Waals surface area contributed by atoms with E-state index in [1.807, 2.05) is 30.3 Å². The molecule has 1 aromatic heterocycles. The van der Waals surface area contributed by atoms with Gasteiger partial charge in [0.2, 0.25) is 0 Å². The molecule has 1 aliphatic carbocycles. The van der Waals surface area contributed by atoms with Gasteiger partial charge in [-0.15, -0.1) is 0 Å². The lowest BCUT2D eigenvalue weighted by atomic mass is 9.84. The Kier molecular flexibility index (Phi) is 7.50. The van der Waals surface area contributed by atoms with E-state index < -0.39 is 11.5 Å². The van der Waals surface area contributed by atoms with Gasteiger partial charge in [0.1, 0.15) is 11.9 Å². The quantitative estimate of drug-likeness (QED) is 0.645. The maximum atomic E-state index is 12.8. The smallest absolute Gasteiger partial charge is 0.347 e. The second-order valence-electron chi connectivity index (χ2n) is 7.71. The molecule has 3 rings (SSSR count). The van der Waals surface area contributed by atoms with Gasteiger partial charge >= 0.3 is 5.97 Å². The highest BCUT2D eigenvalue weighted by Crippen LogP contribution is 2.31. The average molecular weight is 398 g/mol. The first-order chi connectivity index (χ1) is 14.1. The number of carbonyl (C=O) groups excluding carboxylic acids is 1. The molecule has 5 heteroatoms. The highest BCUT2D eigenvalue weighted by molar-refractivity contribution is 5.92. The second-order valence-corrected chi connectivity index (χ2v) is 7.71. The van der Waals surface area contributed by atoms with Crippen molar-refractivity contribution >= 4 is 5.97 Å². The van der Waals surface area contributed by atoms with Gasteiger partial charge in [0.25, 0.3) is 5.56 Å². The molecule has 1 N–H and O–H groups in total. The van der Waals surface area contributed by atoms with Crippen LogP contribution in [0, 0.1) is 5.92 Å². The van der Waals surface area contributed by atoms with Crippen LogP contribution in [0.15, 0.2) is 41.2 Å². The first-order valence-electron chi connectivity index (χ1n) is 10.8. The standard InChI is InChI=1S/C24H31NO4/c1-3-20(18-13-9-6-10-14-18)29-21-16-19(15-17-11-7-5-8-12-17)25-23(26)22(21)24(27)28-4-2/h5,7-8,11-12,16,18,20H,3-4,6,9-10,13-15H2,1-2H3,(H,25,26). The highest BCUT2D eigenvalue weighted by atomic mass is 16.5. The molecule has 1 unspecified atom stereocenters. The Balaban J connectivity index is 1.93. The van der Waals surface area contributed by atoms with Gasteiger partial charge in [0.05, 0.1) is 6.61 Å². The molecule has 0 spiro atoms. The summed E-state index contributed by atoms with van der Waals surface area (Å²) in [5.74, 6) is 0.171. The lowest BCUT2D eigenvalue weighted by Gasteiger charge is -2.30. The SMILES string of the molecule is CCOC(=O)c1c(OC(CC)C2CCCCC2)cc(Cc2ccccc2)[nH]c1=O. The molecular formula is C24H31NO4. The molecule has 156 valence electrons. The predicted octanol–water partition coefficient (Wildman–Crippen LogP) is 4.88. The maximum Gasteiger partial charge on any atom is 0.347 e. The number of pyridine rings is 1. The minimum absolute atomic E-state index is 0.00477. The number of hydrogen-bond donors (Lipinski definition) is 1. The third kappa shape index (κ3) is 5.49. The number of aromatic amines is 1. The van der Waals surface area contributed by atoms with Crippen LogP contribution in [0.2, 0.25) is 0 Å². The molecule has 0 amide bonds. The van der Waals surface area contributed by atoms with Crippen LogP contribution < -0.4 is 10.3 Å². The number of H-pyrrole nitrogens is 1. The lowest BCUT2D eigenvalue weighted by molar-refractivity contribution is 0.0507. The normalized spacial score (nSPS) is 15.7. The van der Waals surface area contributed by atoms with Crippen molar-refractivity contribution in [1.82, 2.24) is 4.98 Å². The molecule has 5 nitrogen and oxygen atoms in total. The second kappa shape index (κ2) is 10.3. The van der Waals surface area contributed by atoms with Gasteiger partial charge in [0, 0.05) is 18.2 Å². The molecule has 1 atom stereocenters. The van der Waals surface area contributed by atoms with E-state index in [2.05, 4.69) is 11.9 Å². The Morgan fingerprint density at radius 2 is 1.86 bits per heavy atom. The van der Waals surface area contributed by atoms with E-state index in [4.69, 9.17) is 9.47 Å². The minimum Gasteiger partial charge on any atom is -0.489 e. The first-order valence-corrected chi connectivity index (χ1v) is 10.8. The molecule has 1 saturated carbocycles. The number of benzene rings is 1. The van der Waals surface area contributed by atoms with Crippen LogP contribution in [-0.4, -0.2) is 23.7 Å². The molecule has 2 aromatic rings. The fourth-order valence-corrected chi connectivity index (χ4v) is 4.17. The van der Waals surface area contributed by atoms with Gasteiger partial charge in [-0.2, -0.15) is 0 Å². The van der Waals surface area contributed by atoms with Crippen LogP contribution in [0.4, 0.5) is 0 Å². The number of esters is 1. The summed E-state index contributed by atoms with van der Waals surface area (Å²) in [6.07, 6.45) is 7.36. The third-order valence-electron chi connectivity index (χ3n) is 5.63. The summed E-state index contributed by atoms with van der Waals surface area (Å²) >= 11 is 0. The number of ether oxygens (including phenoxy) is 2. The molecule has 0 aliphatic heterocycles. The summed E-state index contributed by atoms with van der Waals surface area (Å²) in [5, 5.41) is 0. The topological polar surface area (TPSA) is 68.4 Å². The molecule has 1 fully saturated rings. The van der Waals surface area contributed by atoms with Crippen molar-refractivity contribution in [3.8, 4) is 5.75 Å². The molecule has 29 heavy (non-hydrogen) atoms. The summed E-state index contributed by atoms with van der Waals surface area (Å²) in [5.41, 5.74) is 1.32. The molecule has 0 saturated heterocycles. The number of carbonyl (C=O) groups is 1. The van der Waals surface area contributed by atoms with Gasteiger partial charge < -0.3 is 14.5 Å². The Morgan fingerprint density at radius 1 is 1.14 bits per heavy atom. The van der Waals surface area contributed by atoms with Crippen LogP contribution in [0.3, 0.4) is 0 Å². The van der Waals surface area contributed by atoms with Crippen molar-refractivity contribution in [3.05, 3.63) is 63.6 Å². The number of rotatable bonds is 8. The van der Waals surface area contributed by atoms with Crippen molar-refractivity contribution < 1.29 is 14.3 Å². The molecule has 1 heterocycles. The zero-order valence-corrected chi connectivity index (χ0v) is 17.4. The molecule has 1 aliphatic rings. The number of hydrogen-bond acceptors (Lipinski definition) is 4. The van der Waals surface area contributed by atoms with Crippen LogP contribution in [0.25, 0.3) is 0 Å². The molecule has 0 bridgehead atoms. The van der Waals surface area contributed by atoms with Gasteiger partial charge in [-0.1, -0.05) is 56.5 Å². The van der Waals surface area contributed by atoms with Gasteiger partial charge in [0.15, 0.2) is 5.56 Å². The monoisotopic (exact) mass is 397 g/mol. The number of aromatic nitrogens is 1. The van der Waals surface area contributed by atoms with Crippen molar-refractivity contribution in [2.24, 2.45) is 5.92 Å². The van der Waals surface area contributed by atoms with E-state index in [0.717, 1.165) is 30.5 Å².